The number of rotatable bonds is 6. The van der Waals surface area contributed by atoms with Crippen molar-refractivity contribution in [1.82, 2.24) is 19.9 Å². The maximum atomic E-state index is 11.7. The van der Waals surface area contributed by atoms with E-state index in [1.54, 1.807) is 23.4 Å². The quantitative estimate of drug-likeness (QED) is 0.790. The number of hydrogen-bond acceptors (Lipinski definition) is 7. The van der Waals surface area contributed by atoms with Crippen LogP contribution in [0.2, 0.25) is 0 Å². The lowest BCUT2D eigenvalue weighted by Gasteiger charge is -2.33. The van der Waals surface area contributed by atoms with Crippen LogP contribution in [0.5, 0.6) is 5.88 Å². The van der Waals surface area contributed by atoms with Crippen molar-refractivity contribution in [2.75, 3.05) is 45.9 Å². The first-order chi connectivity index (χ1) is 12.3. The molecule has 8 nitrogen and oxygen atoms in total. The van der Waals surface area contributed by atoms with E-state index in [0.717, 1.165) is 25.2 Å². The predicted octanol–water partition coefficient (Wildman–Crippen LogP) is 1.89. The van der Waals surface area contributed by atoms with Crippen LogP contribution >= 0.6 is 0 Å². The molecule has 0 radical (unpaired) electrons. The zero-order chi connectivity index (χ0) is 17.5. The van der Waals surface area contributed by atoms with Crippen LogP contribution in [0.1, 0.15) is 6.92 Å². The molecule has 0 aliphatic carbocycles. The van der Waals surface area contributed by atoms with Gasteiger partial charge in [0.05, 0.1) is 12.8 Å². The second-order valence-electron chi connectivity index (χ2n) is 5.64. The van der Waals surface area contributed by atoms with Gasteiger partial charge in [-0.3, -0.25) is 4.90 Å². The molecule has 25 heavy (non-hydrogen) atoms. The molecule has 1 aliphatic heterocycles. The zero-order valence-electron chi connectivity index (χ0n) is 14.3. The van der Waals surface area contributed by atoms with Crippen LogP contribution in [0.25, 0.3) is 11.3 Å². The number of carbonyl (C=O) groups excluding carboxylic acids is 1. The van der Waals surface area contributed by atoms with Crippen LogP contribution in [-0.4, -0.2) is 72.0 Å². The number of aromatic nitrogens is 2. The van der Waals surface area contributed by atoms with Gasteiger partial charge in [0.2, 0.25) is 5.88 Å². The van der Waals surface area contributed by atoms with E-state index >= 15 is 0 Å². The monoisotopic (exact) mass is 346 g/mol. The van der Waals surface area contributed by atoms with Gasteiger partial charge in [-0.1, -0.05) is 5.16 Å². The van der Waals surface area contributed by atoms with Crippen LogP contribution in [0.15, 0.2) is 35.1 Å². The van der Waals surface area contributed by atoms with Crippen LogP contribution in [0.4, 0.5) is 4.79 Å². The summed E-state index contributed by atoms with van der Waals surface area (Å²) in [6, 6.07) is 5.49. The molecule has 3 heterocycles. The summed E-state index contributed by atoms with van der Waals surface area (Å²) in [5.74, 6) is 1.26. The molecule has 0 aromatic carbocycles. The summed E-state index contributed by atoms with van der Waals surface area (Å²) >= 11 is 0. The molecule has 2 aromatic heterocycles. The third-order valence-corrected chi connectivity index (χ3v) is 4.01. The smallest absolute Gasteiger partial charge is 0.409 e. The van der Waals surface area contributed by atoms with E-state index in [1.807, 2.05) is 19.1 Å². The highest BCUT2D eigenvalue weighted by Crippen LogP contribution is 2.19. The minimum atomic E-state index is -0.227. The van der Waals surface area contributed by atoms with Gasteiger partial charge in [0, 0.05) is 56.6 Å². The molecule has 0 unspecified atom stereocenters. The van der Waals surface area contributed by atoms with Gasteiger partial charge >= 0.3 is 6.09 Å². The van der Waals surface area contributed by atoms with Crippen molar-refractivity contribution in [3.63, 3.8) is 0 Å². The van der Waals surface area contributed by atoms with Crippen molar-refractivity contribution in [2.45, 2.75) is 6.92 Å². The van der Waals surface area contributed by atoms with E-state index in [9.17, 15) is 4.79 Å². The molecule has 1 amide bonds. The first-order valence-electron chi connectivity index (χ1n) is 8.40. The fraction of sp³-hybridized carbons (Fsp3) is 0.471. The first kappa shape index (κ1) is 17.2. The Balaban J connectivity index is 1.38. The Labute approximate surface area is 146 Å². The summed E-state index contributed by atoms with van der Waals surface area (Å²) in [4.78, 5) is 19.9. The average molecular weight is 346 g/mol. The average Bonchev–Trinajstić information content (AvgIpc) is 3.18. The number of amides is 1. The van der Waals surface area contributed by atoms with Crippen LogP contribution in [0, 0.1) is 0 Å². The minimum Gasteiger partial charge on any atom is -0.476 e. The molecule has 0 spiro atoms. The van der Waals surface area contributed by atoms with Crippen LogP contribution < -0.4 is 4.74 Å². The Kier molecular flexibility index (Phi) is 5.84. The second kappa shape index (κ2) is 8.48. The minimum absolute atomic E-state index is 0.227. The molecule has 0 bridgehead atoms. The van der Waals surface area contributed by atoms with Gasteiger partial charge in [0.25, 0.3) is 0 Å². The normalized spacial score (nSPS) is 15.2. The van der Waals surface area contributed by atoms with Crippen molar-refractivity contribution < 1.29 is 18.8 Å². The lowest BCUT2D eigenvalue weighted by molar-refractivity contribution is 0.0755. The van der Waals surface area contributed by atoms with E-state index in [-0.39, 0.29) is 6.09 Å². The van der Waals surface area contributed by atoms with Crippen LogP contribution in [0.3, 0.4) is 0 Å². The van der Waals surface area contributed by atoms with Gasteiger partial charge < -0.3 is 18.9 Å². The molecule has 0 saturated carbocycles. The van der Waals surface area contributed by atoms with E-state index in [2.05, 4.69) is 15.0 Å². The summed E-state index contributed by atoms with van der Waals surface area (Å²) in [7, 11) is 0. The molecule has 2 aromatic rings. The molecule has 134 valence electrons. The summed E-state index contributed by atoms with van der Waals surface area (Å²) in [6.07, 6.45) is 3.07. The van der Waals surface area contributed by atoms with E-state index < -0.39 is 0 Å². The van der Waals surface area contributed by atoms with E-state index in [0.29, 0.717) is 37.9 Å². The number of hydrogen-bond donors (Lipinski definition) is 0. The highest BCUT2D eigenvalue weighted by atomic mass is 16.6. The van der Waals surface area contributed by atoms with E-state index in [1.165, 1.54) is 0 Å². The van der Waals surface area contributed by atoms with Crippen molar-refractivity contribution in [1.29, 1.82) is 0 Å². The van der Waals surface area contributed by atoms with Crippen LogP contribution in [-0.2, 0) is 4.74 Å². The lowest BCUT2D eigenvalue weighted by atomic mass is 10.2. The largest absolute Gasteiger partial charge is 0.476 e. The summed E-state index contributed by atoms with van der Waals surface area (Å²) in [5, 5.41) is 3.68. The molecular weight excluding hydrogens is 324 g/mol. The zero-order valence-corrected chi connectivity index (χ0v) is 14.3. The number of piperazine rings is 1. The first-order valence-corrected chi connectivity index (χ1v) is 8.40. The van der Waals surface area contributed by atoms with Gasteiger partial charge in [0.1, 0.15) is 6.61 Å². The van der Waals surface area contributed by atoms with Gasteiger partial charge in [-0.2, -0.15) is 0 Å². The Bertz CT molecular complexity index is 652. The molecule has 1 saturated heterocycles. The third-order valence-electron chi connectivity index (χ3n) is 4.01. The topological polar surface area (TPSA) is 80.9 Å². The van der Waals surface area contributed by atoms with Crippen molar-refractivity contribution >= 4 is 6.09 Å². The third kappa shape index (κ3) is 4.69. The molecule has 1 fully saturated rings. The number of pyridine rings is 1. The molecule has 0 N–H and O–H groups in total. The highest BCUT2D eigenvalue weighted by Gasteiger charge is 2.21. The lowest BCUT2D eigenvalue weighted by Crippen LogP contribution is -2.49. The van der Waals surface area contributed by atoms with Crippen molar-refractivity contribution in [2.24, 2.45) is 0 Å². The summed E-state index contributed by atoms with van der Waals surface area (Å²) in [6.45, 7) is 6.58. The van der Waals surface area contributed by atoms with Gasteiger partial charge in [0.15, 0.2) is 5.76 Å². The molecular formula is C17H22N4O4. The maximum absolute atomic E-state index is 11.7. The van der Waals surface area contributed by atoms with E-state index in [4.69, 9.17) is 14.0 Å². The summed E-state index contributed by atoms with van der Waals surface area (Å²) < 4.78 is 15.8. The molecule has 1 aliphatic rings. The fourth-order valence-electron chi connectivity index (χ4n) is 2.62. The van der Waals surface area contributed by atoms with Gasteiger partial charge in [-0.25, -0.2) is 9.78 Å². The Morgan fingerprint density at radius 1 is 1.24 bits per heavy atom. The molecule has 3 rings (SSSR count). The number of nitrogens with zero attached hydrogens (tertiary/aromatic N) is 4. The van der Waals surface area contributed by atoms with Gasteiger partial charge in [-0.15, -0.1) is 0 Å². The SMILES string of the molecule is CCOC(=O)N1CCN(CCOc2ccc(-c3ccno3)cn2)CC1. The standard InChI is InChI=1S/C17H22N4O4/c1-2-23-17(22)21-9-7-20(8-10-21)11-12-24-16-4-3-14(13-18-16)15-5-6-19-25-15/h3-6,13H,2,7-12H2,1H3. The van der Waals surface area contributed by atoms with Crippen molar-refractivity contribution in [3.05, 3.63) is 30.6 Å². The Hall–Kier alpha value is -2.61. The molecule has 8 heteroatoms. The summed E-state index contributed by atoms with van der Waals surface area (Å²) in [5.41, 5.74) is 0.861. The molecule has 0 atom stereocenters. The number of carbonyl (C=O) groups is 1. The maximum Gasteiger partial charge on any atom is 0.409 e. The highest BCUT2D eigenvalue weighted by molar-refractivity contribution is 5.67. The Morgan fingerprint density at radius 3 is 2.72 bits per heavy atom. The number of ether oxygens (including phenoxy) is 2. The Morgan fingerprint density at radius 2 is 2.08 bits per heavy atom. The van der Waals surface area contributed by atoms with Crippen molar-refractivity contribution in [3.8, 4) is 17.2 Å². The second-order valence-corrected chi connectivity index (χ2v) is 5.64. The fourth-order valence-corrected chi connectivity index (χ4v) is 2.62. The van der Waals surface area contributed by atoms with Gasteiger partial charge in [-0.05, 0) is 13.0 Å². The predicted molar refractivity (Wildman–Crippen MR) is 90.3 cm³/mol.